The first-order valence-corrected chi connectivity index (χ1v) is 9.25. The van der Waals surface area contributed by atoms with Crippen LogP contribution in [0.5, 0.6) is 0 Å². The van der Waals surface area contributed by atoms with E-state index in [4.69, 9.17) is 0 Å². The van der Waals surface area contributed by atoms with Crippen molar-refractivity contribution in [3.8, 4) is 0 Å². The Bertz CT molecular complexity index is 828. The molecule has 0 unspecified atom stereocenters. The lowest BCUT2D eigenvalue weighted by atomic mass is 10.00. The molecule has 6 nitrogen and oxygen atoms in total. The number of fused-ring (bicyclic) bond motifs is 1. The van der Waals surface area contributed by atoms with Crippen molar-refractivity contribution in [3.05, 3.63) is 55.6 Å². The zero-order valence-corrected chi connectivity index (χ0v) is 14.9. The average molecular weight is 359 g/mol. The third-order valence-corrected chi connectivity index (χ3v) is 5.61. The summed E-state index contributed by atoms with van der Waals surface area (Å²) in [5, 5.41) is 0. The van der Waals surface area contributed by atoms with Crippen LogP contribution in [0.2, 0.25) is 0 Å². The van der Waals surface area contributed by atoms with Crippen molar-refractivity contribution in [2.24, 2.45) is 7.05 Å². The summed E-state index contributed by atoms with van der Waals surface area (Å²) in [4.78, 5) is 37.8. The Balaban J connectivity index is 1.64. The predicted molar refractivity (Wildman–Crippen MR) is 96.8 cm³/mol. The SMILES string of the molecule is Cn1ccc(C(=O)NNC(=O)c2cc3c(s2)CCCCCC3)cc1=O. The molecule has 7 heteroatoms. The molecule has 2 amide bonds. The second-order valence-electron chi connectivity index (χ2n) is 6.25. The summed E-state index contributed by atoms with van der Waals surface area (Å²) in [6, 6.07) is 4.70. The zero-order valence-electron chi connectivity index (χ0n) is 14.1. The highest BCUT2D eigenvalue weighted by atomic mass is 32.1. The molecule has 25 heavy (non-hydrogen) atoms. The van der Waals surface area contributed by atoms with Crippen LogP contribution in [0.1, 0.15) is 56.2 Å². The van der Waals surface area contributed by atoms with Gasteiger partial charge in [0, 0.05) is 29.8 Å². The van der Waals surface area contributed by atoms with Crippen LogP contribution in [-0.4, -0.2) is 16.4 Å². The Kier molecular flexibility index (Phi) is 5.33. The van der Waals surface area contributed by atoms with Gasteiger partial charge in [0.2, 0.25) is 0 Å². The van der Waals surface area contributed by atoms with Crippen molar-refractivity contribution < 1.29 is 9.59 Å². The van der Waals surface area contributed by atoms with Gasteiger partial charge >= 0.3 is 0 Å². The third kappa shape index (κ3) is 4.17. The van der Waals surface area contributed by atoms with Gasteiger partial charge in [0.25, 0.3) is 17.4 Å². The fourth-order valence-corrected chi connectivity index (χ4v) is 4.04. The Morgan fingerprint density at radius 1 is 1.04 bits per heavy atom. The molecule has 0 fully saturated rings. The maximum atomic E-state index is 12.3. The van der Waals surface area contributed by atoms with Gasteiger partial charge in [-0.25, -0.2) is 0 Å². The molecule has 1 aliphatic carbocycles. The first-order valence-electron chi connectivity index (χ1n) is 8.43. The van der Waals surface area contributed by atoms with Crippen molar-refractivity contribution in [2.45, 2.75) is 38.5 Å². The molecule has 2 N–H and O–H groups in total. The molecule has 2 aromatic rings. The summed E-state index contributed by atoms with van der Waals surface area (Å²) >= 11 is 1.50. The topological polar surface area (TPSA) is 80.2 Å². The number of hydrogen-bond acceptors (Lipinski definition) is 4. The van der Waals surface area contributed by atoms with E-state index >= 15 is 0 Å². The van der Waals surface area contributed by atoms with Gasteiger partial charge in [-0.15, -0.1) is 11.3 Å². The minimum Gasteiger partial charge on any atom is -0.319 e. The Morgan fingerprint density at radius 3 is 2.52 bits per heavy atom. The number of carbonyl (C=O) groups is 2. The molecule has 0 aromatic carbocycles. The number of thiophene rings is 1. The molecule has 3 rings (SSSR count). The highest BCUT2D eigenvalue weighted by Gasteiger charge is 2.16. The third-order valence-electron chi connectivity index (χ3n) is 4.38. The van der Waals surface area contributed by atoms with Crippen LogP contribution < -0.4 is 16.4 Å². The fourth-order valence-electron chi connectivity index (χ4n) is 2.89. The van der Waals surface area contributed by atoms with Crippen LogP contribution in [0.15, 0.2) is 29.2 Å². The first-order chi connectivity index (χ1) is 12.0. The number of hydrazine groups is 1. The van der Waals surface area contributed by atoms with Crippen molar-refractivity contribution >= 4 is 23.2 Å². The maximum absolute atomic E-state index is 12.3. The van der Waals surface area contributed by atoms with E-state index in [0.717, 1.165) is 25.7 Å². The first kappa shape index (κ1) is 17.4. The molecular formula is C18H21N3O3S. The van der Waals surface area contributed by atoms with Crippen LogP contribution in [0.3, 0.4) is 0 Å². The minimum atomic E-state index is -0.513. The smallest absolute Gasteiger partial charge is 0.279 e. The number of rotatable bonds is 2. The van der Waals surface area contributed by atoms with E-state index in [1.165, 1.54) is 57.5 Å². The van der Waals surface area contributed by atoms with E-state index in [0.29, 0.717) is 4.88 Å². The highest BCUT2D eigenvalue weighted by molar-refractivity contribution is 7.14. The van der Waals surface area contributed by atoms with Gasteiger partial charge < -0.3 is 4.57 Å². The Hall–Kier alpha value is -2.41. The van der Waals surface area contributed by atoms with Gasteiger partial charge in [-0.3, -0.25) is 25.2 Å². The normalized spacial score (nSPS) is 14.1. The van der Waals surface area contributed by atoms with Gasteiger partial charge in [0.1, 0.15) is 0 Å². The molecule has 0 spiro atoms. The summed E-state index contributed by atoms with van der Waals surface area (Å²) in [5.74, 6) is -0.838. The maximum Gasteiger partial charge on any atom is 0.279 e. The van der Waals surface area contributed by atoms with Gasteiger partial charge in [-0.2, -0.15) is 0 Å². The minimum absolute atomic E-state index is 0.210. The number of aryl methyl sites for hydroxylation is 3. The molecule has 1 aliphatic rings. The second-order valence-corrected chi connectivity index (χ2v) is 7.38. The molecule has 0 aliphatic heterocycles. The quantitative estimate of drug-likeness (QED) is 0.807. The molecule has 0 bridgehead atoms. The number of hydrogen-bond donors (Lipinski definition) is 2. The van der Waals surface area contributed by atoms with Crippen LogP contribution >= 0.6 is 11.3 Å². The number of aromatic nitrogens is 1. The Morgan fingerprint density at radius 2 is 1.76 bits per heavy atom. The number of pyridine rings is 1. The number of nitrogens with one attached hydrogen (secondary N) is 2. The van der Waals surface area contributed by atoms with Crippen molar-refractivity contribution in [1.82, 2.24) is 15.4 Å². The van der Waals surface area contributed by atoms with Crippen LogP contribution in [-0.2, 0) is 19.9 Å². The molecule has 2 aromatic heterocycles. The summed E-state index contributed by atoms with van der Waals surface area (Å²) in [5.41, 5.74) is 5.99. The highest BCUT2D eigenvalue weighted by Crippen LogP contribution is 2.28. The summed E-state index contributed by atoms with van der Waals surface area (Å²) in [7, 11) is 1.61. The number of nitrogens with zero attached hydrogens (tertiary/aromatic N) is 1. The molecule has 2 heterocycles. The molecule has 0 radical (unpaired) electrons. The average Bonchev–Trinajstić information content (AvgIpc) is 2.97. The van der Waals surface area contributed by atoms with E-state index in [2.05, 4.69) is 10.9 Å². The summed E-state index contributed by atoms with van der Waals surface area (Å²) in [6.45, 7) is 0. The Labute approximate surface area is 149 Å². The summed E-state index contributed by atoms with van der Waals surface area (Å²) < 4.78 is 1.37. The van der Waals surface area contributed by atoms with Crippen molar-refractivity contribution in [2.75, 3.05) is 0 Å². The summed E-state index contributed by atoms with van der Waals surface area (Å²) in [6.07, 6.45) is 8.34. The fraction of sp³-hybridized carbons (Fsp3) is 0.389. The monoisotopic (exact) mass is 359 g/mol. The van der Waals surface area contributed by atoms with E-state index in [9.17, 15) is 14.4 Å². The molecule has 0 saturated heterocycles. The van der Waals surface area contributed by atoms with Crippen LogP contribution in [0, 0.1) is 0 Å². The van der Waals surface area contributed by atoms with Crippen molar-refractivity contribution in [1.29, 1.82) is 0 Å². The lowest BCUT2D eigenvalue weighted by Crippen LogP contribution is -2.41. The van der Waals surface area contributed by atoms with Gasteiger partial charge in [-0.1, -0.05) is 12.8 Å². The molecular weight excluding hydrogens is 338 g/mol. The van der Waals surface area contributed by atoms with Crippen LogP contribution in [0.25, 0.3) is 0 Å². The van der Waals surface area contributed by atoms with E-state index < -0.39 is 5.91 Å². The molecule has 132 valence electrons. The predicted octanol–water partition coefficient (Wildman–Crippen LogP) is 2.18. The van der Waals surface area contributed by atoms with Crippen LogP contribution in [0.4, 0.5) is 0 Å². The largest absolute Gasteiger partial charge is 0.319 e. The van der Waals surface area contributed by atoms with E-state index in [1.54, 1.807) is 7.05 Å². The van der Waals surface area contributed by atoms with Crippen molar-refractivity contribution in [3.63, 3.8) is 0 Å². The molecule has 0 atom stereocenters. The van der Waals surface area contributed by atoms with Gasteiger partial charge in [0.05, 0.1) is 4.88 Å². The lowest BCUT2D eigenvalue weighted by Gasteiger charge is -2.07. The standard InChI is InChI=1S/C18H21N3O3S/c1-21-9-8-13(11-16(21)22)17(23)19-20-18(24)15-10-12-6-4-2-3-5-7-14(12)25-15/h8-11H,2-7H2,1H3,(H,19,23)(H,20,24). The number of amides is 2. The van der Waals surface area contributed by atoms with E-state index in [1.807, 2.05) is 6.07 Å². The van der Waals surface area contributed by atoms with E-state index in [-0.39, 0.29) is 17.0 Å². The van der Waals surface area contributed by atoms with Gasteiger partial charge in [-0.05, 0) is 43.4 Å². The zero-order chi connectivity index (χ0) is 17.8. The lowest BCUT2D eigenvalue weighted by molar-refractivity contribution is 0.0848. The molecule has 0 saturated carbocycles. The van der Waals surface area contributed by atoms with Gasteiger partial charge in [0.15, 0.2) is 0 Å². The number of carbonyl (C=O) groups excluding carboxylic acids is 2. The second kappa shape index (κ2) is 7.65.